The molecule has 1 aromatic rings. The number of hydrogen-bond donors (Lipinski definition) is 8. The molecule has 2 heterocycles. The van der Waals surface area contributed by atoms with Crippen molar-refractivity contribution in [2.45, 2.75) is 240 Å². The van der Waals surface area contributed by atoms with Crippen LogP contribution in [0.2, 0.25) is 0 Å². The Bertz CT molecular complexity index is 2260. The van der Waals surface area contributed by atoms with Gasteiger partial charge in [0.1, 0.15) is 53.2 Å². The Kier molecular flexibility index (Phi) is 29.0. The second-order valence-corrected chi connectivity index (χ2v) is 25.1. The van der Waals surface area contributed by atoms with E-state index in [1.807, 2.05) is 67.5 Å². The summed E-state index contributed by atoms with van der Waals surface area (Å²) in [6.07, 6.45) is 8.38. The van der Waals surface area contributed by atoms with Crippen LogP contribution < -0.4 is 42.5 Å². The zero-order valence-corrected chi connectivity index (χ0v) is 51.9. The van der Waals surface area contributed by atoms with Crippen LogP contribution in [-0.2, 0) is 43.2 Å². The molecule has 0 unspecified atom stereocenters. The molecule has 0 saturated carbocycles. The highest BCUT2D eigenvalue weighted by atomic mass is 16.3. The van der Waals surface area contributed by atoms with Gasteiger partial charge in [-0.15, -0.1) is 0 Å². The fourth-order valence-corrected chi connectivity index (χ4v) is 9.63. The molecule has 0 aliphatic carbocycles. The highest BCUT2D eigenvalue weighted by Crippen LogP contribution is 2.27. The number of nitrogens with zero attached hydrogens (tertiary/aromatic N) is 4. The molecule has 0 radical (unpaired) electrons. The van der Waals surface area contributed by atoms with Gasteiger partial charge in [-0.1, -0.05) is 87.0 Å². The average molecular weight is 1140 g/mol. The fraction of sp³-hybridized carbons (Fsp3) is 0.776. The van der Waals surface area contributed by atoms with Gasteiger partial charge in [0.25, 0.3) is 5.91 Å². The first-order valence-corrected chi connectivity index (χ1v) is 29.2. The number of likely N-dealkylation sites (N-methyl/N-ethyl adjacent to an activating group) is 1. The minimum Gasteiger partial charge on any atom is -0.448 e. The van der Waals surface area contributed by atoms with Gasteiger partial charge in [0.15, 0.2) is 11.6 Å². The molecular formula is C58H102N12O11. The predicted octanol–water partition coefficient (Wildman–Crippen LogP) is 3.97. The van der Waals surface area contributed by atoms with Crippen LogP contribution in [0.3, 0.4) is 0 Å². The van der Waals surface area contributed by atoms with Crippen molar-refractivity contribution in [2.24, 2.45) is 17.8 Å². The Morgan fingerprint density at radius 1 is 0.679 bits per heavy atom. The van der Waals surface area contributed by atoms with E-state index in [0.717, 1.165) is 32.1 Å². The van der Waals surface area contributed by atoms with Crippen molar-refractivity contribution in [3.05, 3.63) is 17.8 Å². The van der Waals surface area contributed by atoms with Gasteiger partial charge in [0, 0.05) is 39.0 Å². The summed E-state index contributed by atoms with van der Waals surface area (Å²) in [6, 6.07) is -4.64. The SMILES string of the molecule is CCCCCCCC[C@@H](C(=O)N[C@@H](CC(C)C)C(=O)NC(C)(C)C(=O)N[C@@H](CC(C)C)C(=O)N[C@@H](CC(C)C)C(=O)NC(C)(C)C(=O)NC(C)(C)C(=O)NCCC(=O)N[C@@H](C)CN(C)C)N(C=O)[C@@H]1CCCN1C(=O)c1coc(C)n1. The molecule has 1 fully saturated rings. The third kappa shape index (κ3) is 24.1. The number of oxazole rings is 1. The third-order valence-electron chi connectivity index (χ3n) is 14.0. The van der Waals surface area contributed by atoms with Crippen LogP contribution in [0.5, 0.6) is 0 Å². The lowest BCUT2D eigenvalue weighted by Crippen LogP contribution is -2.65. The van der Waals surface area contributed by atoms with Crippen molar-refractivity contribution < 1.29 is 52.4 Å². The second kappa shape index (κ2) is 33.1. The maximum atomic E-state index is 14.6. The van der Waals surface area contributed by atoms with E-state index in [1.54, 1.807) is 6.92 Å². The number of hydrogen-bond acceptors (Lipinski definition) is 13. The Morgan fingerprint density at radius 3 is 1.69 bits per heavy atom. The monoisotopic (exact) mass is 1140 g/mol. The quantitative estimate of drug-likeness (QED) is 0.0349. The van der Waals surface area contributed by atoms with E-state index >= 15 is 0 Å². The van der Waals surface area contributed by atoms with Crippen LogP contribution in [0.4, 0.5) is 0 Å². The molecule has 1 aliphatic rings. The normalized spacial score (nSPS) is 15.8. The number of unbranched alkanes of at least 4 members (excludes halogenated alkanes) is 5. The van der Waals surface area contributed by atoms with Gasteiger partial charge in [-0.2, -0.15) is 0 Å². The molecule has 1 saturated heterocycles. The van der Waals surface area contributed by atoms with Crippen LogP contribution in [0.1, 0.15) is 197 Å². The summed E-state index contributed by atoms with van der Waals surface area (Å²) in [5, 5.41) is 22.3. The van der Waals surface area contributed by atoms with Crippen LogP contribution in [0.15, 0.2) is 10.7 Å². The molecule has 81 heavy (non-hydrogen) atoms. The molecule has 1 aromatic heterocycles. The van der Waals surface area contributed by atoms with Crippen molar-refractivity contribution in [3.8, 4) is 0 Å². The summed E-state index contributed by atoms with van der Waals surface area (Å²) >= 11 is 0. The van der Waals surface area contributed by atoms with Crippen LogP contribution in [0, 0.1) is 24.7 Å². The lowest BCUT2D eigenvalue weighted by molar-refractivity contribution is -0.140. The highest BCUT2D eigenvalue weighted by molar-refractivity contribution is 6.00. The molecule has 10 amide bonds. The van der Waals surface area contributed by atoms with Crippen LogP contribution in [-0.4, -0.2) is 166 Å². The number of rotatable bonds is 36. The maximum Gasteiger partial charge on any atom is 0.277 e. The number of carbonyl (C=O) groups excluding carboxylic acids is 10. The summed E-state index contributed by atoms with van der Waals surface area (Å²) in [5.41, 5.74) is -4.60. The second-order valence-electron chi connectivity index (χ2n) is 25.1. The van der Waals surface area contributed by atoms with Gasteiger partial charge >= 0.3 is 0 Å². The van der Waals surface area contributed by atoms with E-state index < -0.39 is 94.2 Å². The molecule has 23 nitrogen and oxygen atoms in total. The molecule has 8 N–H and O–H groups in total. The molecule has 6 atom stereocenters. The maximum absolute atomic E-state index is 14.6. The molecular weight excluding hydrogens is 1040 g/mol. The van der Waals surface area contributed by atoms with Crippen LogP contribution in [0.25, 0.3) is 0 Å². The minimum atomic E-state index is -1.65. The van der Waals surface area contributed by atoms with Gasteiger partial charge in [-0.3, -0.25) is 47.9 Å². The van der Waals surface area contributed by atoms with Crippen molar-refractivity contribution >= 4 is 59.6 Å². The number of carbonyl (C=O) groups is 10. The van der Waals surface area contributed by atoms with Crippen molar-refractivity contribution in [1.82, 2.24) is 62.2 Å². The van der Waals surface area contributed by atoms with Crippen molar-refractivity contribution in [1.29, 1.82) is 0 Å². The average Bonchev–Trinajstić information content (AvgIpc) is 4.02. The third-order valence-corrected chi connectivity index (χ3v) is 14.0. The summed E-state index contributed by atoms with van der Waals surface area (Å²) < 4.78 is 5.30. The standard InChI is InChI=1S/C58H102N12O11/c1-18-19-20-21-22-23-25-45(70(35-71)47-26-24-29-69(47)52(77)44-34-81-40(9)61-44)51(76)63-43(32-38(6)7)50(75)65-57(12,13)54(79)64-41(30-36(2)3)48(73)62-42(31-37(4)5)49(74)66-58(14,15)55(80)67-56(10,11)53(78)59-28-27-46(72)60-39(8)33-68(16)17/h34-39,41-43,45,47H,18-33H2,1-17H3,(H,59,78)(H,60,72)(H,62,73)(H,63,76)(H,64,79)(H,65,75)(H,66,74)(H,67,80)/t39-,41-,42-,43-,45-,47+/m0/s1. The lowest BCUT2D eigenvalue weighted by Gasteiger charge is -2.38. The van der Waals surface area contributed by atoms with Crippen molar-refractivity contribution in [3.63, 3.8) is 0 Å². The van der Waals surface area contributed by atoms with Gasteiger partial charge in [-0.05, 0) is 119 Å². The number of likely N-dealkylation sites (tertiary alicyclic amines) is 1. The molecule has 0 bridgehead atoms. The Hall–Kier alpha value is -6.13. The zero-order valence-electron chi connectivity index (χ0n) is 51.9. The fourth-order valence-electron chi connectivity index (χ4n) is 9.63. The molecule has 23 heteroatoms. The first-order chi connectivity index (χ1) is 37.6. The molecule has 0 aromatic carbocycles. The Morgan fingerprint density at radius 2 is 1.19 bits per heavy atom. The van der Waals surface area contributed by atoms with E-state index in [2.05, 4.69) is 54.4 Å². The van der Waals surface area contributed by atoms with Crippen molar-refractivity contribution in [2.75, 3.05) is 33.7 Å². The number of aryl methyl sites for hydroxylation is 1. The predicted molar refractivity (Wildman–Crippen MR) is 310 cm³/mol. The Balaban J connectivity index is 2.28. The summed E-state index contributed by atoms with van der Waals surface area (Å²) in [5.74, 6) is -5.30. The number of aromatic nitrogens is 1. The van der Waals surface area contributed by atoms with E-state index in [-0.39, 0.29) is 74.0 Å². The number of nitrogens with one attached hydrogen (secondary N) is 8. The smallest absolute Gasteiger partial charge is 0.277 e. The Labute approximate surface area is 482 Å². The highest BCUT2D eigenvalue weighted by Gasteiger charge is 2.43. The summed E-state index contributed by atoms with van der Waals surface area (Å²) in [6.45, 7) is 26.7. The minimum absolute atomic E-state index is 0.0262. The van der Waals surface area contributed by atoms with E-state index in [1.165, 1.54) is 57.6 Å². The lowest BCUT2D eigenvalue weighted by atomic mass is 9.96. The molecule has 1 aliphatic heterocycles. The zero-order chi connectivity index (χ0) is 61.6. The molecule has 460 valence electrons. The van der Waals surface area contributed by atoms with Crippen LogP contribution >= 0.6 is 0 Å². The van der Waals surface area contributed by atoms with Gasteiger partial charge in [-0.25, -0.2) is 4.98 Å². The topological polar surface area (TPSA) is 303 Å². The molecule has 0 spiro atoms. The summed E-state index contributed by atoms with van der Waals surface area (Å²) in [4.78, 5) is 147. The van der Waals surface area contributed by atoms with Gasteiger partial charge in [0.2, 0.25) is 53.7 Å². The van der Waals surface area contributed by atoms with E-state index in [0.29, 0.717) is 44.7 Å². The summed E-state index contributed by atoms with van der Waals surface area (Å²) in [7, 11) is 3.79. The van der Waals surface area contributed by atoms with Gasteiger partial charge in [0.05, 0.1) is 0 Å². The number of amides is 10. The van der Waals surface area contributed by atoms with E-state index in [9.17, 15) is 47.9 Å². The van der Waals surface area contributed by atoms with Gasteiger partial charge < -0.3 is 61.7 Å². The largest absolute Gasteiger partial charge is 0.448 e. The first kappa shape index (κ1) is 71.0. The first-order valence-electron chi connectivity index (χ1n) is 29.2. The van der Waals surface area contributed by atoms with E-state index in [4.69, 9.17) is 4.42 Å². The molecule has 2 rings (SSSR count).